The summed E-state index contributed by atoms with van der Waals surface area (Å²) in [6, 6.07) is 0.347. The lowest BCUT2D eigenvalue weighted by Gasteiger charge is -2.27. The molecule has 0 bridgehead atoms. The van der Waals surface area contributed by atoms with Crippen LogP contribution in [0.3, 0.4) is 0 Å². The molecule has 0 saturated carbocycles. The lowest BCUT2D eigenvalue weighted by molar-refractivity contribution is 0.339. The largest absolute Gasteiger partial charge is 0.356 e. The Morgan fingerprint density at radius 1 is 1.13 bits per heavy atom. The second kappa shape index (κ2) is 8.90. The maximum atomic E-state index is 11.3. The van der Waals surface area contributed by atoms with Gasteiger partial charge in [0.25, 0.3) is 0 Å². The van der Waals surface area contributed by atoms with Gasteiger partial charge in [-0.3, -0.25) is 4.99 Å². The summed E-state index contributed by atoms with van der Waals surface area (Å²) in [6.07, 6.45) is 4.16. The predicted molar refractivity (Wildman–Crippen MR) is 101 cm³/mol. The fourth-order valence-corrected chi connectivity index (χ4v) is 2.95. The Labute approximate surface area is 143 Å². The fourth-order valence-electron chi connectivity index (χ4n) is 2.02. The van der Waals surface area contributed by atoms with Crippen molar-refractivity contribution in [2.75, 3.05) is 25.6 Å². The van der Waals surface area contributed by atoms with Gasteiger partial charge in [-0.15, -0.1) is 0 Å². The zero-order valence-corrected chi connectivity index (χ0v) is 17.1. The summed E-state index contributed by atoms with van der Waals surface area (Å²) in [6.45, 7) is 13.7. The van der Waals surface area contributed by atoms with Gasteiger partial charge in [-0.2, -0.15) is 0 Å². The Balaban J connectivity index is 4.34. The number of sulfone groups is 1. The van der Waals surface area contributed by atoms with Gasteiger partial charge in [0.2, 0.25) is 0 Å². The third-order valence-electron chi connectivity index (χ3n) is 3.82. The van der Waals surface area contributed by atoms with E-state index in [4.69, 9.17) is 0 Å². The highest BCUT2D eigenvalue weighted by Crippen LogP contribution is 2.22. The third kappa shape index (κ3) is 13.4. The number of rotatable bonds is 8. The zero-order chi connectivity index (χ0) is 18.3. The maximum absolute atomic E-state index is 11.3. The molecule has 0 amide bonds. The molecular formula is C17H37N3O2S. The monoisotopic (exact) mass is 347 g/mol. The van der Waals surface area contributed by atoms with Crippen molar-refractivity contribution in [2.45, 2.75) is 66.8 Å². The van der Waals surface area contributed by atoms with Crippen LogP contribution in [0.1, 0.15) is 60.8 Å². The van der Waals surface area contributed by atoms with Gasteiger partial charge in [-0.1, -0.05) is 34.6 Å². The minimum Gasteiger partial charge on any atom is -0.356 e. The van der Waals surface area contributed by atoms with E-state index >= 15 is 0 Å². The topological polar surface area (TPSA) is 70.6 Å². The molecule has 23 heavy (non-hydrogen) atoms. The summed E-state index contributed by atoms with van der Waals surface area (Å²) >= 11 is 0. The average Bonchev–Trinajstić information content (AvgIpc) is 2.37. The Kier molecular flexibility index (Phi) is 8.60. The quantitative estimate of drug-likeness (QED) is 0.523. The van der Waals surface area contributed by atoms with Crippen LogP contribution in [0.25, 0.3) is 0 Å². The minimum absolute atomic E-state index is 0.102. The van der Waals surface area contributed by atoms with Gasteiger partial charge in [0.05, 0.1) is 5.75 Å². The molecule has 0 aromatic carbocycles. The maximum Gasteiger partial charge on any atom is 0.191 e. The lowest BCUT2D eigenvalue weighted by Crippen LogP contribution is -2.45. The van der Waals surface area contributed by atoms with Crippen LogP contribution in [0.15, 0.2) is 4.99 Å². The molecule has 0 aliphatic carbocycles. The molecule has 0 spiro atoms. The van der Waals surface area contributed by atoms with Crippen LogP contribution in [0.4, 0.5) is 0 Å². The van der Waals surface area contributed by atoms with E-state index < -0.39 is 9.84 Å². The van der Waals surface area contributed by atoms with Crippen molar-refractivity contribution in [3.63, 3.8) is 0 Å². The third-order valence-corrected chi connectivity index (χ3v) is 4.76. The van der Waals surface area contributed by atoms with Crippen LogP contribution < -0.4 is 10.6 Å². The number of guanidine groups is 1. The highest BCUT2D eigenvalue weighted by molar-refractivity contribution is 7.90. The van der Waals surface area contributed by atoms with E-state index in [0.717, 1.165) is 18.8 Å². The summed E-state index contributed by atoms with van der Waals surface area (Å²) in [4.78, 5) is 4.26. The smallest absolute Gasteiger partial charge is 0.191 e. The van der Waals surface area contributed by atoms with E-state index in [1.165, 1.54) is 6.26 Å². The molecule has 0 heterocycles. The first-order valence-electron chi connectivity index (χ1n) is 8.39. The van der Waals surface area contributed by atoms with E-state index in [-0.39, 0.29) is 11.2 Å². The Morgan fingerprint density at radius 3 is 2.13 bits per heavy atom. The van der Waals surface area contributed by atoms with E-state index in [9.17, 15) is 8.42 Å². The number of aliphatic imine (C=N–C) groups is 1. The van der Waals surface area contributed by atoms with Gasteiger partial charge >= 0.3 is 0 Å². The molecule has 0 radical (unpaired) electrons. The van der Waals surface area contributed by atoms with Gasteiger partial charge in [0.15, 0.2) is 5.96 Å². The Bertz CT molecular complexity index is 477. The first-order chi connectivity index (χ1) is 10.2. The molecule has 5 nitrogen and oxygen atoms in total. The molecule has 0 rings (SSSR count). The summed E-state index contributed by atoms with van der Waals surface area (Å²) in [5.74, 6) is 0.995. The SMILES string of the molecule is CN=C(NCC(C)(C)CCS(C)(=O)=O)NC(C)CCC(C)(C)C. The molecule has 2 N–H and O–H groups in total. The van der Waals surface area contributed by atoms with Crippen LogP contribution in [0, 0.1) is 10.8 Å². The number of nitrogens with one attached hydrogen (secondary N) is 2. The van der Waals surface area contributed by atoms with E-state index in [0.29, 0.717) is 24.4 Å². The summed E-state index contributed by atoms with van der Waals surface area (Å²) in [7, 11) is -1.16. The Hall–Kier alpha value is -0.780. The highest BCUT2D eigenvalue weighted by Gasteiger charge is 2.21. The van der Waals surface area contributed by atoms with Crippen LogP contribution in [-0.4, -0.2) is 46.0 Å². The molecule has 0 fully saturated rings. The molecule has 1 unspecified atom stereocenters. The van der Waals surface area contributed by atoms with Gasteiger partial charge in [0, 0.05) is 25.9 Å². The van der Waals surface area contributed by atoms with Crippen molar-refractivity contribution >= 4 is 15.8 Å². The predicted octanol–water partition coefficient (Wildman–Crippen LogP) is 2.83. The number of nitrogens with zero attached hydrogens (tertiary/aromatic N) is 1. The number of hydrogen-bond donors (Lipinski definition) is 2. The zero-order valence-electron chi connectivity index (χ0n) is 16.3. The first kappa shape index (κ1) is 22.2. The van der Waals surface area contributed by atoms with Crippen LogP contribution in [0.5, 0.6) is 0 Å². The number of hydrogen-bond acceptors (Lipinski definition) is 3. The van der Waals surface area contributed by atoms with Crippen molar-refractivity contribution in [3.05, 3.63) is 0 Å². The second-order valence-electron chi connectivity index (χ2n) is 8.61. The van der Waals surface area contributed by atoms with Crippen LogP contribution >= 0.6 is 0 Å². The molecule has 0 aromatic rings. The summed E-state index contributed by atoms with van der Waals surface area (Å²) in [5, 5.41) is 6.72. The van der Waals surface area contributed by atoms with Crippen molar-refractivity contribution in [1.82, 2.24) is 10.6 Å². The fraction of sp³-hybridized carbons (Fsp3) is 0.941. The normalized spacial score (nSPS) is 15.4. The molecule has 1 atom stereocenters. The summed E-state index contributed by atoms with van der Waals surface area (Å²) < 4.78 is 22.6. The lowest BCUT2D eigenvalue weighted by atomic mass is 9.89. The van der Waals surface area contributed by atoms with E-state index in [1.807, 2.05) is 0 Å². The Morgan fingerprint density at radius 2 is 1.70 bits per heavy atom. The molecule has 0 aromatic heterocycles. The van der Waals surface area contributed by atoms with Crippen molar-refractivity contribution in [2.24, 2.45) is 15.8 Å². The molecule has 0 saturated heterocycles. The first-order valence-corrected chi connectivity index (χ1v) is 10.5. The van der Waals surface area contributed by atoms with Crippen molar-refractivity contribution in [3.8, 4) is 0 Å². The summed E-state index contributed by atoms with van der Waals surface area (Å²) in [5.41, 5.74) is 0.232. The second-order valence-corrected chi connectivity index (χ2v) is 10.9. The minimum atomic E-state index is -2.92. The van der Waals surface area contributed by atoms with E-state index in [1.54, 1.807) is 7.05 Å². The van der Waals surface area contributed by atoms with Crippen LogP contribution in [-0.2, 0) is 9.84 Å². The van der Waals surface area contributed by atoms with Crippen LogP contribution in [0.2, 0.25) is 0 Å². The standard InChI is InChI=1S/C17H37N3O2S/c1-14(9-10-16(2,3)4)20-15(18-7)19-13-17(5,6)11-12-23(8,21)22/h14H,9-13H2,1-8H3,(H2,18,19,20). The molecule has 0 aliphatic heterocycles. The van der Waals surface area contributed by atoms with Gasteiger partial charge in [0.1, 0.15) is 9.84 Å². The molecular weight excluding hydrogens is 310 g/mol. The molecule has 6 heteroatoms. The van der Waals surface area contributed by atoms with Gasteiger partial charge in [-0.05, 0) is 37.0 Å². The highest BCUT2D eigenvalue weighted by atomic mass is 32.2. The van der Waals surface area contributed by atoms with Crippen molar-refractivity contribution in [1.29, 1.82) is 0 Å². The van der Waals surface area contributed by atoms with Gasteiger partial charge < -0.3 is 10.6 Å². The molecule has 138 valence electrons. The van der Waals surface area contributed by atoms with Crippen molar-refractivity contribution < 1.29 is 8.42 Å². The molecule has 0 aliphatic rings. The average molecular weight is 348 g/mol. The van der Waals surface area contributed by atoms with E-state index in [2.05, 4.69) is 57.2 Å². The van der Waals surface area contributed by atoms with Gasteiger partial charge in [-0.25, -0.2) is 8.42 Å².